The molecule has 96 valence electrons. The summed E-state index contributed by atoms with van der Waals surface area (Å²) in [5.74, 6) is -0.245. The van der Waals surface area contributed by atoms with Crippen LogP contribution in [-0.2, 0) is 15.1 Å². The summed E-state index contributed by atoms with van der Waals surface area (Å²) in [4.78, 5) is 0. The van der Waals surface area contributed by atoms with Crippen molar-refractivity contribution in [1.29, 1.82) is 0 Å². The average molecular weight is 305 g/mol. The molecule has 0 bridgehead atoms. The predicted molar refractivity (Wildman–Crippen MR) is 70.0 cm³/mol. The Labute approximate surface area is 110 Å². The summed E-state index contributed by atoms with van der Waals surface area (Å²) in [6.07, 6.45) is 0. The molecule has 4 heteroatoms. The summed E-state index contributed by atoms with van der Waals surface area (Å²) >= 11 is 3.38. The monoisotopic (exact) mass is 304 g/mol. The van der Waals surface area contributed by atoms with E-state index in [0.717, 1.165) is 0 Å². The van der Waals surface area contributed by atoms with Gasteiger partial charge < -0.3 is 9.47 Å². The highest BCUT2D eigenvalue weighted by molar-refractivity contribution is 9.09. The smallest absolute Gasteiger partial charge is 0.129 e. The predicted octanol–water partition coefficient (Wildman–Crippen LogP) is 3.49. The highest BCUT2D eigenvalue weighted by Crippen LogP contribution is 2.29. The van der Waals surface area contributed by atoms with Crippen LogP contribution in [0.4, 0.5) is 4.39 Å². The third-order valence-electron chi connectivity index (χ3n) is 2.55. The van der Waals surface area contributed by atoms with E-state index >= 15 is 0 Å². The fraction of sp³-hybridized carbons (Fsp3) is 0.538. The molecular weight excluding hydrogens is 287 g/mol. The summed E-state index contributed by atoms with van der Waals surface area (Å²) in [6.45, 7) is 5.43. The van der Waals surface area contributed by atoms with Gasteiger partial charge in [-0.25, -0.2) is 4.39 Å². The molecule has 0 radical (unpaired) electrons. The molecule has 0 amide bonds. The summed E-state index contributed by atoms with van der Waals surface area (Å²) in [7, 11) is 0. The summed E-state index contributed by atoms with van der Waals surface area (Å²) in [5.41, 5.74) is -0.101. The van der Waals surface area contributed by atoms with Crippen LogP contribution in [0.15, 0.2) is 24.3 Å². The van der Waals surface area contributed by atoms with Crippen molar-refractivity contribution >= 4 is 15.9 Å². The number of hydrogen-bond acceptors (Lipinski definition) is 2. The normalized spacial score (nSPS) is 14.6. The summed E-state index contributed by atoms with van der Waals surface area (Å²) in [6, 6.07) is 6.68. The molecule has 17 heavy (non-hydrogen) atoms. The van der Waals surface area contributed by atoms with Crippen molar-refractivity contribution in [2.45, 2.75) is 19.4 Å². The van der Waals surface area contributed by atoms with E-state index in [1.807, 2.05) is 19.9 Å². The number of benzene rings is 1. The SMILES string of the molecule is CCOCCOC(C)(CBr)c1ccccc1F. The van der Waals surface area contributed by atoms with Crippen LogP contribution in [0.25, 0.3) is 0 Å². The molecule has 0 aromatic heterocycles. The van der Waals surface area contributed by atoms with Crippen LogP contribution in [0.2, 0.25) is 0 Å². The molecule has 0 fully saturated rings. The number of rotatable bonds is 7. The Kier molecular flexibility index (Phi) is 6.09. The van der Waals surface area contributed by atoms with Gasteiger partial charge in [0.2, 0.25) is 0 Å². The quantitative estimate of drug-likeness (QED) is 0.567. The molecule has 1 aromatic rings. The molecule has 0 saturated carbocycles. The molecule has 2 nitrogen and oxygen atoms in total. The fourth-order valence-electron chi connectivity index (χ4n) is 1.55. The van der Waals surface area contributed by atoms with Crippen molar-refractivity contribution in [3.63, 3.8) is 0 Å². The highest BCUT2D eigenvalue weighted by Gasteiger charge is 2.29. The van der Waals surface area contributed by atoms with E-state index in [1.54, 1.807) is 12.1 Å². The van der Waals surface area contributed by atoms with Gasteiger partial charge in [0, 0.05) is 17.5 Å². The zero-order valence-electron chi connectivity index (χ0n) is 10.2. The van der Waals surface area contributed by atoms with Gasteiger partial charge in [0.15, 0.2) is 0 Å². The largest absolute Gasteiger partial charge is 0.379 e. The third-order valence-corrected chi connectivity index (χ3v) is 3.62. The van der Waals surface area contributed by atoms with Gasteiger partial charge in [-0.15, -0.1) is 0 Å². The molecule has 0 spiro atoms. The first-order valence-corrected chi connectivity index (χ1v) is 6.79. The molecule has 0 N–H and O–H groups in total. The van der Waals surface area contributed by atoms with Crippen LogP contribution in [-0.4, -0.2) is 25.2 Å². The topological polar surface area (TPSA) is 18.5 Å². The van der Waals surface area contributed by atoms with Crippen molar-refractivity contribution in [1.82, 2.24) is 0 Å². The van der Waals surface area contributed by atoms with Gasteiger partial charge in [-0.3, -0.25) is 0 Å². The lowest BCUT2D eigenvalue weighted by molar-refractivity contribution is -0.0461. The minimum Gasteiger partial charge on any atom is -0.379 e. The van der Waals surface area contributed by atoms with Gasteiger partial charge in [-0.2, -0.15) is 0 Å². The molecule has 0 heterocycles. The zero-order chi connectivity index (χ0) is 12.7. The Morgan fingerprint density at radius 2 is 2.00 bits per heavy atom. The number of ether oxygens (including phenoxy) is 2. The van der Waals surface area contributed by atoms with Crippen LogP contribution in [0.3, 0.4) is 0 Å². The summed E-state index contributed by atoms with van der Waals surface area (Å²) in [5, 5.41) is 0.535. The van der Waals surface area contributed by atoms with Gasteiger partial charge in [-0.1, -0.05) is 34.1 Å². The Hall–Kier alpha value is -0.450. The van der Waals surface area contributed by atoms with Gasteiger partial charge in [0.05, 0.1) is 13.2 Å². The first-order valence-electron chi connectivity index (χ1n) is 5.66. The van der Waals surface area contributed by atoms with E-state index in [1.165, 1.54) is 6.07 Å². The lowest BCUT2D eigenvalue weighted by atomic mass is 9.97. The molecule has 1 aromatic carbocycles. The lowest BCUT2D eigenvalue weighted by Crippen LogP contribution is -2.30. The number of hydrogen-bond donors (Lipinski definition) is 0. The molecule has 1 atom stereocenters. The van der Waals surface area contributed by atoms with Crippen molar-refractivity contribution in [3.05, 3.63) is 35.6 Å². The molecule has 0 aliphatic carbocycles. The molecule has 1 unspecified atom stereocenters. The second-order valence-electron chi connectivity index (χ2n) is 3.89. The average Bonchev–Trinajstić information content (AvgIpc) is 2.35. The third kappa shape index (κ3) is 4.05. The van der Waals surface area contributed by atoms with E-state index in [-0.39, 0.29) is 5.82 Å². The summed E-state index contributed by atoms with van der Waals surface area (Å²) < 4.78 is 24.7. The van der Waals surface area contributed by atoms with Crippen molar-refractivity contribution < 1.29 is 13.9 Å². The fourth-order valence-corrected chi connectivity index (χ4v) is 2.01. The lowest BCUT2D eigenvalue weighted by Gasteiger charge is -2.28. The van der Waals surface area contributed by atoms with Gasteiger partial charge in [-0.05, 0) is 19.9 Å². The van der Waals surface area contributed by atoms with E-state index in [2.05, 4.69) is 15.9 Å². The van der Waals surface area contributed by atoms with Gasteiger partial charge in [0.25, 0.3) is 0 Å². The Balaban J connectivity index is 2.71. The first kappa shape index (κ1) is 14.6. The molecule has 1 rings (SSSR count). The molecule has 0 aliphatic rings. The van der Waals surface area contributed by atoms with E-state index in [0.29, 0.717) is 30.7 Å². The van der Waals surface area contributed by atoms with Crippen LogP contribution in [0.5, 0.6) is 0 Å². The van der Waals surface area contributed by atoms with Crippen molar-refractivity contribution in [3.8, 4) is 0 Å². The van der Waals surface area contributed by atoms with Crippen LogP contribution >= 0.6 is 15.9 Å². The maximum absolute atomic E-state index is 13.7. The number of alkyl halides is 1. The minimum atomic E-state index is -0.664. The first-order chi connectivity index (χ1) is 8.14. The van der Waals surface area contributed by atoms with E-state index < -0.39 is 5.60 Å². The molecule has 0 saturated heterocycles. The van der Waals surface area contributed by atoms with Crippen LogP contribution < -0.4 is 0 Å². The van der Waals surface area contributed by atoms with Gasteiger partial charge >= 0.3 is 0 Å². The second kappa shape index (κ2) is 7.09. The van der Waals surface area contributed by atoms with E-state index in [4.69, 9.17) is 9.47 Å². The van der Waals surface area contributed by atoms with E-state index in [9.17, 15) is 4.39 Å². The Morgan fingerprint density at radius 1 is 1.29 bits per heavy atom. The van der Waals surface area contributed by atoms with Gasteiger partial charge in [0.1, 0.15) is 11.4 Å². The standard InChI is InChI=1S/C13H18BrFO2/c1-3-16-8-9-17-13(2,10-14)11-6-4-5-7-12(11)15/h4-7H,3,8-10H2,1-2H3. The zero-order valence-corrected chi connectivity index (χ0v) is 11.8. The Morgan fingerprint density at radius 3 is 2.59 bits per heavy atom. The maximum Gasteiger partial charge on any atom is 0.129 e. The second-order valence-corrected chi connectivity index (χ2v) is 4.45. The highest BCUT2D eigenvalue weighted by atomic mass is 79.9. The maximum atomic E-state index is 13.7. The van der Waals surface area contributed by atoms with Crippen molar-refractivity contribution in [2.75, 3.05) is 25.2 Å². The Bertz CT molecular complexity index is 346. The minimum absolute atomic E-state index is 0.245. The van der Waals surface area contributed by atoms with Crippen LogP contribution in [0, 0.1) is 5.82 Å². The van der Waals surface area contributed by atoms with Crippen LogP contribution in [0.1, 0.15) is 19.4 Å². The number of halogens is 2. The molecule has 0 aliphatic heterocycles. The molecular formula is C13H18BrFO2. The van der Waals surface area contributed by atoms with Crippen molar-refractivity contribution in [2.24, 2.45) is 0 Å².